The number of rotatable bonds is 4. The Morgan fingerprint density at radius 2 is 0.862 bits per heavy atom. The molecule has 1 atom stereocenters. The fourth-order valence-corrected chi connectivity index (χ4v) is 10.3. The van der Waals surface area contributed by atoms with Crippen LogP contribution in [-0.2, 0) is 6.42 Å². The molecule has 272 valence electrons. The predicted molar refractivity (Wildman–Crippen MR) is 242 cm³/mol. The lowest BCUT2D eigenvalue weighted by molar-refractivity contribution is 0.806. The lowest BCUT2D eigenvalue weighted by Gasteiger charge is -2.30. The number of para-hydroxylation sites is 6. The van der Waals surface area contributed by atoms with Gasteiger partial charge >= 0.3 is 0 Å². The average Bonchev–Trinajstić information content (AvgIpc) is 4.00. The molecule has 1 unspecified atom stereocenters. The number of anilines is 2. The van der Waals surface area contributed by atoms with E-state index in [1.54, 1.807) is 0 Å². The maximum Gasteiger partial charge on any atom is 0.0640 e. The van der Waals surface area contributed by atoms with Gasteiger partial charge in [-0.25, -0.2) is 0 Å². The fraction of sp³-hybridized carbons (Fsp3) is 0.0370. The average molecular weight is 741 g/mol. The molecule has 0 bridgehead atoms. The Hall–Kier alpha value is -7.56. The van der Waals surface area contributed by atoms with E-state index in [9.17, 15) is 0 Å². The quantitative estimate of drug-likeness (QED) is 0.176. The molecule has 0 N–H and O–H groups in total. The van der Waals surface area contributed by atoms with E-state index in [4.69, 9.17) is 0 Å². The molecule has 1 aliphatic carbocycles. The number of fused-ring (bicyclic) bond motifs is 12. The maximum atomic E-state index is 2.55. The highest BCUT2D eigenvalue weighted by atomic mass is 15.2. The lowest BCUT2D eigenvalue weighted by Crippen LogP contribution is -2.30. The minimum atomic E-state index is 0.222. The fourth-order valence-electron chi connectivity index (χ4n) is 10.3. The monoisotopic (exact) mass is 740 g/mol. The summed E-state index contributed by atoms with van der Waals surface area (Å²) in [6.07, 6.45) is 3.41. The van der Waals surface area contributed by atoms with Gasteiger partial charge in [0.25, 0.3) is 0 Å². The van der Waals surface area contributed by atoms with Gasteiger partial charge in [-0.15, -0.1) is 0 Å². The van der Waals surface area contributed by atoms with Crippen LogP contribution in [0.5, 0.6) is 0 Å². The molecular formula is C54H36N4. The molecule has 8 aromatic carbocycles. The predicted octanol–water partition coefficient (Wildman–Crippen LogP) is 13.4. The molecule has 2 aliphatic rings. The highest BCUT2D eigenvalue weighted by molar-refractivity contribution is 6.19. The molecular weight excluding hydrogens is 705 g/mol. The van der Waals surface area contributed by atoms with E-state index < -0.39 is 0 Å². The van der Waals surface area contributed by atoms with Gasteiger partial charge in [0, 0.05) is 67.4 Å². The Labute approximate surface area is 335 Å². The molecule has 0 saturated heterocycles. The molecule has 0 spiro atoms. The molecule has 4 nitrogen and oxygen atoms in total. The van der Waals surface area contributed by atoms with Gasteiger partial charge in [0.15, 0.2) is 0 Å². The van der Waals surface area contributed by atoms with Crippen LogP contribution in [0.1, 0.15) is 16.8 Å². The van der Waals surface area contributed by atoms with Crippen LogP contribution in [0.3, 0.4) is 0 Å². The zero-order chi connectivity index (χ0) is 37.9. The van der Waals surface area contributed by atoms with Crippen LogP contribution in [0.2, 0.25) is 0 Å². The second-order valence-corrected chi connectivity index (χ2v) is 15.7. The Bertz CT molecular complexity index is 3490. The van der Waals surface area contributed by atoms with Crippen LogP contribution in [0.15, 0.2) is 194 Å². The van der Waals surface area contributed by atoms with Gasteiger partial charge < -0.3 is 18.6 Å². The van der Waals surface area contributed by atoms with E-state index in [1.165, 1.54) is 94.0 Å². The van der Waals surface area contributed by atoms with Gasteiger partial charge in [-0.05, 0) is 96.1 Å². The first-order valence-corrected chi connectivity index (χ1v) is 20.2. The van der Waals surface area contributed by atoms with Crippen molar-refractivity contribution in [3.63, 3.8) is 0 Å². The van der Waals surface area contributed by atoms with E-state index in [-0.39, 0.29) is 6.04 Å². The minimum absolute atomic E-state index is 0.222. The first kappa shape index (κ1) is 31.6. The van der Waals surface area contributed by atoms with Crippen LogP contribution in [0, 0.1) is 0 Å². The summed E-state index contributed by atoms with van der Waals surface area (Å²) in [5, 5.41) is 6.31. The molecule has 4 heteroatoms. The van der Waals surface area contributed by atoms with Gasteiger partial charge in [0.1, 0.15) is 0 Å². The topological polar surface area (TPSA) is 18.0 Å². The normalized spacial score (nSPS) is 14.7. The summed E-state index contributed by atoms with van der Waals surface area (Å²) in [6, 6.07) is 71.4. The largest absolute Gasteiger partial charge is 0.333 e. The molecule has 0 fully saturated rings. The number of benzene rings is 8. The second kappa shape index (κ2) is 12.0. The van der Waals surface area contributed by atoms with E-state index in [1.807, 2.05) is 0 Å². The SMILES string of the molecule is C1=C2c3ccccc3N(c3ccccc3)C2Cc2c1n(-c1cccc(-n3c4ccccc4c4cc5c(cc43)c3ccccc3n5-c3ccccc3)c1)c1ccccc21. The van der Waals surface area contributed by atoms with E-state index in [0.29, 0.717) is 0 Å². The number of nitrogens with zero attached hydrogens (tertiary/aromatic N) is 4. The Balaban J connectivity index is 1.03. The second-order valence-electron chi connectivity index (χ2n) is 15.7. The van der Waals surface area contributed by atoms with Crippen molar-refractivity contribution < 1.29 is 0 Å². The number of aromatic nitrogens is 3. The van der Waals surface area contributed by atoms with Crippen molar-refractivity contribution in [3.05, 3.63) is 211 Å². The molecule has 1 aliphatic heterocycles. The molecule has 4 heterocycles. The van der Waals surface area contributed by atoms with Gasteiger partial charge in [-0.1, -0.05) is 115 Å². The van der Waals surface area contributed by atoms with Gasteiger partial charge in [-0.3, -0.25) is 0 Å². The summed E-state index contributed by atoms with van der Waals surface area (Å²) in [6.45, 7) is 0. The van der Waals surface area contributed by atoms with Crippen molar-refractivity contribution in [2.75, 3.05) is 4.90 Å². The number of hydrogen-bond acceptors (Lipinski definition) is 1. The number of hydrogen-bond donors (Lipinski definition) is 0. The summed E-state index contributed by atoms with van der Waals surface area (Å²) in [5.41, 5.74) is 17.4. The summed E-state index contributed by atoms with van der Waals surface area (Å²) in [4.78, 5) is 2.55. The van der Waals surface area contributed by atoms with Crippen LogP contribution in [0.4, 0.5) is 11.4 Å². The van der Waals surface area contributed by atoms with Gasteiger partial charge in [0.05, 0.1) is 39.3 Å². The Kier molecular flexibility index (Phi) is 6.53. The van der Waals surface area contributed by atoms with Crippen molar-refractivity contribution in [2.24, 2.45) is 0 Å². The van der Waals surface area contributed by atoms with Crippen molar-refractivity contribution in [1.29, 1.82) is 0 Å². The summed E-state index contributed by atoms with van der Waals surface area (Å²) < 4.78 is 7.39. The standard InChI is InChI=1S/C54H36N4/c1-3-16-35(17-4-1)55-47-26-11-7-22-39(47)43-33-53-45(31-51(43)55)41-24-9-13-28-49(41)57(53)37-20-15-21-38(30-37)58-50-29-14-10-25-42(50)46-32-52-44(34-54(46)58)40-23-8-12-27-48(40)56(52)36-18-5-2-6-19-36/h1-31,33-34,52H,32H2. The van der Waals surface area contributed by atoms with Gasteiger partial charge in [-0.2, -0.15) is 0 Å². The molecule has 3 aromatic heterocycles. The zero-order valence-electron chi connectivity index (χ0n) is 31.6. The maximum absolute atomic E-state index is 2.55. The highest BCUT2D eigenvalue weighted by Crippen LogP contribution is 2.50. The third-order valence-corrected chi connectivity index (χ3v) is 12.7. The molecule has 11 aromatic rings. The zero-order valence-corrected chi connectivity index (χ0v) is 31.6. The smallest absolute Gasteiger partial charge is 0.0640 e. The van der Waals surface area contributed by atoms with Crippen molar-refractivity contribution >= 4 is 77.5 Å². The summed E-state index contributed by atoms with van der Waals surface area (Å²) >= 11 is 0. The third-order valence-electron chi connectivity index (χ3n) is 12.7. The minimum Gasteiger partial charge on any atom is -0.333 e. The first-order valence-electron chi connectivity index (χ1n) is 20.2. The Morgan fingerprint density at radius 1 is 0.362 bits per heavy atom. The van der Waals surface area contributed by atoms with E-state index in [2.05, 4.69) is 219 Å². The van der Waals surface area contributed by atoms with Crippen molar-refractivity contribution in [3.8, 4) is 17.1 Å². The van der Waals surface area contributed by atoms with Crippen LogP contribution in [0.25, 0.3) is 83.2 Å². The molecule has 58 heavy (non-hydrogen) atoms. The lowest BCUT2D eigenvalue weighted by atomic mass is 9.89. The van der Waals surface area contributed by atoms with E-state index in [0.717, 1.165) is 17.8 Å². The summed E-state index contributed by atoms with van der Waals surface area (Å²) in [5.74, 6) is 0. The Morgan fingerprint density at radius 3 is 1.53 bits per heavy atom. The van der Waals surface area contributed by atoms with Crippen LogP contribution >= 0.6 is 0 Å². The molecule has 0 amide bonds. The van der Waals surface area contributed by atoms with Crippen molar-refractivity contribution in [1.82, 2.24) is 13.7 Å². The van der Waals surface area contributed by atoms with Crippen molar-refractivity contribution in [2.45, 2.75) is 12.5 Å². The molecule has 0 radical (unpaired) electrons. The van der Waals surface area contributed by atoms with E-state index >= 15 is 0 Å². The third kappa shape index (κ3) is 4.34. The summed E-state index contributed by atoms with van der Waals surface area (Å²) in [7, 11) is 0. The van der Waals surface area contributed by atoms with Gasteiger partial charge in [0.2, 0.25) is 0 Å². The van der Waals surface area contributed by atoms with Crippen LogP contribution in [-0.4, -0.2) is 19.7 Å². The van der Waals surface area contributed by atoms with Crippen LogP contribution < -0.4 is 4.90 Å². The molecule has 13 rings (SSSR count). The molecule has 0 saturated carbocycles. The first-order chi connectivity index (χ1) is 28.8. The highest BCUT2D eigenvalue weighted by Gasteiger charge is 2.39.